The zero-order valence-electron chi connectivity index (χ0n) is 20.1. The molecule has 2 aliphatic rings. The van der Waals surface area contributed by atoms with Gasteiger partial charge in [0.25, 0.3) is 5.91 Å². The van der Waals surface area contributed by atoms with E-state index in [-0.39, 0.29) is 11.9 Å². The van der Waals surface area contributed by atoms with Crippen molar-refractivity contribution < 1.29 is 4.79 Å². The smallest absolute Gasteiger partial charge is 0.276 e. The van der Waals surface area contributed by atoms with Crippen molar-refractivity contribution >= 4 is 28.7 Å². The summed E-state index contributed by atoms with van der Waals surface area (Å²) in [6.45, 7) is 4.11. The van der Waals surface area contributed by atoms with Gasteiger partial charge in [0.15, 0.2) is 11.3 Å². The first-order chi connectivity index (χ1) is 17.2. The average molecular weight is 478 g/mol. The number of aromatic nitrogens is 4. The van der Waals surface area contributed by atoms with Gasteiger partial charge in [-0.25, -0.2) is 9.50 Å². The Hall–Kier alpha value is -3.24. The number of fused-ring (bicyclic) bond motifs is 1. The highest BCUT2D eigenvalue weighted by molar-refractivity contribution is 6.03. The minimum absolute atomic E-state index is 0.267. The molecule has 0 atom stereocenters. The molecule has 1 aliphatic heterocycles. The third-order valence-electron chi connectivity index (χ3n) is 6.95. The van der Waals surface area contributed by atoms with Gasteiger partial charge in [-0.2, -0.15) is 0 Å². The van der Waals surface area contributed by atoms with Crippen LogP contribution in [0.4, 0.5) is 17.2 Å². The van der Waals surface area contributed by atoms with Crippen LogP contribution in [0.3, 0.4) is 0 Å². The summed E-state index contributed by atoms with van der Waals surface area (Å²) in [6.07, 6.45) is 12.8. The first-order valence-corrected chi connectivity index (χ1v) is 12.7. The second kappa shape index (κ2) is 11.0. The predicted molar refractivity (Wildman–Crippen MR) is 138 cm³/mol. The Bertz CT molecular complexity index is 1120. The monoisotopic (exact) mass is 477 g/mol. The fraction of sp³-hybridized carbons (Fsp3) is 0.520. The van der Waals surface area contributed by atoms with E-state index in [1.165, 1.54) is 19.3 Å². The third-order valence-corrected chi connectivity index (χ3v) is 6.95. The number of pyridine rings is 1. The summed E-state index contributed by atoms with van der Waals surface area (Å²) in [7, 11) is 0. The summed E-state index contributed by atoms with van der Waals surface area (Å²) in [5.41, 5.74) is 8.65. The highest BCUT2D eigenvalue weighted by Crippen LogP contribution is 2.25. The molecule has 35 heavy (non-hydrogen) atoms. The number of anilines is 3. The number of amides is 1. The van der Waals surface area contributed by atoms with Crippen LogP contribution in [-0.4, -0.2) is 68.7 Å². The molecule has 1 aliphatic carbocycles. The van der Waals surface area contributed by atoms with E-state index in [0.717, 1.165) is 63.4 Å². The van der Waals surface area contributed by atoms with Crippen LogP contribution >= 0.6 is 0 Å². The van der Waals surface area contributed by atoms with Gasteiger partial charge in [0, 0.05) is 49.3 Å². The molecule has 1 saturated heterocycles. The van der Waals surface area contributed by atoms with Crippen molar-refractivity contribution in [2.75, 3.05) is 42.1 Å². The maximum absolute atomic E-state index is 13.1. The molecule has 0 unspecified atom stereocenters. The lowest BCUT2D eigenvalue weighted by Gasteiger charge is -2.27. The topological polar surface area (TPSA) is 126 Å². The molecule has 10 nitrogen and oxygen atoms in total. The Kier molecular flexibility index (Phi) is 7.39. The summed E-state index contributed by atoms with van der Waals surface area (Å²) in [4.78, 5) is 24.1. The Balaban J connectivity index is 1.38. The number of piperidine rings is 1. The van der Waals surface area contributed by atoms with E-state index in [2.05, 4.69) is 30.8 Å². The molecule has 5 N–H and O–H groups in total. The number of rotatable bonds is 8. The summed E-state index contributed by atoms with van der Waals surface area (Å²) in [5.74, 6) is 0.464. The number of nitrogens with two attached hydrogens (primary N) is 1. The summed E-state index contributed by atoms with van der Waals surface area (Å²) in [6, 6.07) is 6.12. The van der Waals surface area contributed by atoms with E-state index in [4.69, 9.17) is 10.8 Å². The number of nitrogens with one attached hydrogen (secondary N) is 3. The standard InChI is InChI=1S/C25H35N9O/c26-18-4-6-19(7-5-18)30-23-16-21(28-12-15-33-13-2-1-3-14-33)24-29-17-22(34(24)32-23)25(35)31-20-8-10-27-11-9-20/h8-11,16-19,28H,1-7,12-15,26H2,(H,30,32)(H,27,31,35)/t18-,19-. The maximum Gasteiger partial charge on any atom is 0.276 e. The lowest BCUT2D eigenvalue weighted by Crippen LogP contribution is -2.34. The molecule has 0 spiro atoms. The Morgan fingerprint density at radius 2 is 1.86 bits per heavy atom. The maximum atomic E-state index is 13.1. The molecule has 5 rings (SSSR count). The number of hydrogen-bond acceptors (Lipinski definition) is 8. The number of hydrogen-bond donors (Lipinski definition) is 4. The van der Waals surface area contributed by atoms with Crippen LogP contribution in [0, 0.1) is 0 Å². The molecular weight excluding hydrogens is 442 g/mol. The summed E-state index contributed by atoms with van der Waals surface area (Å²) in [5, 5.41) is 14.8. The highest BCUT2D eigenvalue weighted by atomic mass is 16.2. The van der Waals surface area contributed by atoms with Gasteiger partial charge in [-0.15, -0.1) is 5.10 Å². The van der Waals surface area contributed by atoms with Crippen molar-refractivity contribution in [2.45, 2.75) is 57.0 Å². The first-order valence-electron chi connectivity index (χ1n) is 12.7. The largest absolute Gasteiger partial charge is 0.381 e. The molecule has 2 fully saturated rings. The lowest BCUT2D eigenvalue weighted by molar-refractivity contribution is 0.102. The van der Waals surface area contributed by atoms with Gasteiger partial charge >= 0.3 is 0 Å². The van der Waals surface area contributed by atoms with E-state index in [0.29, 0.717) is 23.1 Å². The van der Waals surface area contributed by atoms with Gasteiger partial charge in [0.1, 0.15) is 5.82 Å². The van der Waals surface area contributed by atoms with Crippen molar-refractivity contribution in [3.05, 3.63) is 42.5 Å². The second-order valence-electron chi connectivity index (χ2n) is 9.60. The number of nitrogens with zero attached hydrogens (tertiary/aromatic N) is 5. The van der Waals surface area contributed by atoms with Gasteiger partial charge in [-0.3, -0.25) is 9.78 Å². The highest BCUT2D eigenvalue weighted by Gasteiger charge is 2.21. The molecule has 3 aromatic rings. The first kappa shape index (κ1) is 23.5. The molecule has 3 aromatic heterocycles. The minimum Gasteiger partial charge on any atom is -0.381 e. The molecule has 1 saturated carbocycles. The molecule has 1 amide bonds. The molecule has 10 heteroatoms. The zero-order valence-corrected chi connectivity index (χ0v) is 20.1. The molecule has 0 aromatic carbocycles. The van der Waals surface area contributed by atoms with Gasteiger partial charge in [-0.1, -0.05) is 6.42 Å². The van der Waals surface area contributed by atoms with Crippen LogP contribution in [0.25, 0.3) is 5.65 Å². The van der Waals surface area contributed by atoms with Crippen LogP contribution < -0.4 is 21.7 Å². The van der Waals surface area contributed by atoms with Crippen LogP contribution in [0.1, 0.15) is 55.4 Å². The van der Waals surface area contributed by atoms with Crippen molar-refractivity contribution in [2.24, 2.45) is 5.73 Å². The van der Waals surface area contributed by atoms with Crippen LogP contribution in [0.2, 0.25) is 0 Å². The Morgan fingerprint density at radius 3 is 2.63 bits per heavy atom. The summed E-state index contributed by atoms with van der Waals surface area (Å²) >= 11 is 0. The van der Waals surface area contributed by atoms with E-state index in [9.17, 15) is 4.79 Å². The van der Waals surface area contributed by atoms with Crippen LogP contribution in [-0.2, 0) is 0 Å². The molecular formula is C25H35N9O. The minimum atomic E-state index is -0.267. The van der Waals surface area contributed by atoms with Gasteiger partial charge in [0.2, 0.25) is 0 Å². The van der Waals surface area contributed by atoms with Gasteiger partial charge in [0.05, 0.1) is 11.9 Å². The van der Waals surface area contributed by atoms with E-state index in [1.54, 1.807) is 35.2 Å². The van der Waals surface area contributed by atoms with Crippen LogP contribution in [0.15, 0.2) is 36.8 Å². The normalized spacial score (nSPS) is 21.1. The molecule has 4 heterocycles. The van der Waals surface area contributed by atoms with Gasteiger partial charge in [-0.05, 0) is 63.7 Å². The summed E-state index contributed by atoms with van der Waals surface area (Å²) < 4.78 is 1.64. The number of imidazole rings is 1. The fourth-order valence-corrected chi connectivity index (χ4v) is 4.96. The fourth-order valence-electron chi connectivity index (χ4n) is 4.96. The zero-order chi connectivity index (χ0) is 24.0. The number of carbonyl (C=O) groups excluding carboxylic acids is 1. The Labute approximate surface area is 205 Å². The van der Waals surface area contributed by atoms with Crippen LogP contribution in [0.5, 0.6) is 0 Å². The van der Waals surface area contributed by atoms with Crippen molar-refractivity contribution in [3.63, 3.8) is 0 Å². The predicted octanol–water partition coefficient (Wildman–Crippen LogP) is 2.96. The molecule has 0 bridgehead atoms. The third kappa shape index (κ3) is 5.88. The van der Waals surface area contributed by atoms with E-state index < -0.39 is 0 Å². The quantitative estimate of drug-likeness (QED) is 0.390. The second-order valence-corrected chi connectivity index (χ2v) is 9.60. The van der Waals surface area contributed by atoms with E-state index in [1.807, 2.05) is 6.07 Å². The van der Waals surface area contributed by atoms with Crippen molar-refractivity contribution in [1.29, 1.82) is 0 Å². The lowest BCUT2D eigenvalue weighted by atomic mass is 9.92. The number of likely N-dealkylation sites (tertiary alicyclic amines) is 1. The number of carbonyl (C=O) groups is 1. The molecule has 186 valence electrons. The molecule has 0 radical (unpaired) electrons. The van der Waals surface area contributed by atoms with Crippen molar-refractivity contribution in [3.8, 4) is 0 Å². The van der Waals surface area contributed by atoms with Crippen molar-refractivity contribution in [1.82, 2.24) is 24.5 Å². The SMILES string of the molecule is N[C@H]1CC[C@H](Nc2cc(NCCN3CCCCC3)c3ncc(C(=O)Nc4ccncc4)n3n2)CC1. The van der Waals surface area contributed by atoms with E-state index >= 15 is 0 Å². The Morgan fingerprint density at radius 1 is 1.09 bits per heavy atom. The van der Waals surface area contributed by atoms with Gasteiger partial charge < -0.3 is 26.6 Å². The average Bonchev–Trinajstić information content (AvgIpc) is 3.31.